The molecule has 25 heavy (non-hydrogen) atoms. The molecular weight excluding hydrogens is 330 g/mol. The van der Waals surface area contributed by atoms with Gasteiger partial charge in [-0.05, 0) is 24.1 Å². The molecule has 0 saturated carbocycles. The van der Waals surface area contributed by atoms with Gasteiger partial charge >= 0.3 is 8.80 Å². The fraction of sp³-hybridized carbons (Fsp3) is 0.400. The maximum Gasteiger partial charge on any atom is 0.500 e. The highest BCUT2D eigenvalue weighted by Gasteiger charge is 2.37. The lowest BCUT2D eigenvalue weighted by Gasteiger charge is -2.27. The van der Waals surface area contributed by atoms with Gasteiger partial charge in [-0.3, -0.25) is 4.90 Å². The Kier molecular flexibility index (Phi) is 8.31. The standard InChI is InChI=1S/C20H29NO3Si/c1-22-25(23-2,24-3)16-10-15-21(17-19-11-6-4-7-12-19)18-20-13-8-5-9-14-20/h4-9,11-14H,10,15-18H2,1-3H3. The molecule has 136 valence electrons. The van der Waals surface area contributed by atoms with Crippen molar-refractivity contribution in [3.05, 3.63) is 71.8 Å². The minimum absolute atomic E-state index is 0.816. The molecule has 0 aliphatic rings. The summed E-state index contributed by atoms with van der Waals surface area (Å²) in [5.41, 5.74) is 2.65. The van der Waals surface area contributed by atoms with Gasteiger partial charge in [-0.2, -0.15) is 0 Å². The van der Waals surface area contributed by atoms with Crippen LogP contribution >= 0.6 is 0 Å². The van der Waals surface area contributed by atoms with Crippen molar-refractivity contribution in [2.45, 2.75) is 25.6 Å². The smallest absolute Gasteiger partial charge is 0.377 e. The highest BCUT2D eigenvalue weighted by molar-refractivity contribution is 6.60. The Morgan fingerprint density at radius 1 is 0.720 bits per heavy atom. The van der Waals surface area contributed by atoms with E-state index < -0.39 is 8.80 Å². The van der Waals surface area contributed by atoms with Gasteiger partial charge in [-0.25, -0.2) is 0 Å². The molecule has 0 heterocycles. The van der Waals surface area contributed by atoms with Crippen LogP contribution in [0.2, 0.25) is 6.04 Å². The zero-order chi connectivity index (χ0) is 18.0. The fourth-order valence-electron chi connectivity index (χ4n) is 2.97. The van der Waals surface area contributed by atoms with Crippen molar-refractivity contribution in [2.75, 3.05) is 27.9 Å². The van der Waals surface area contributed by atoms with Crippen LogP contribution in [0.5, 0.6) is 0 Å². The summed E-state index contributed by atoms with van der Waals surface area (Å²) in [5.74, 6) is 0. The van der Waals surface area contributed by atoms with Crippen LogP contribution in [0.3, 0.4) is 0 Å². The van der Waals surface area contributed by atoms with Crippen LogP contribution in [-0.4, -0.2) is 41.6 Å². The fourth-order valence-corrected chi connectivity index (χ4v) is 4.68. The van der Waals surface area contributed by atoms with Crippen molar-refractivity contribution < 1.29 is 13.3 Å². The first-order valence-electron chi connectivity index (χ1n) is 8.67. The van der Waals surface area contributed by atoms with Crippen LogP contribution < -0.4 is 0 Å². The third kappa shape index (κ3) is 6.38. The molecule has 0 aromatic heterocycles. The largest absolute Gasteiger partial charge is 0.500 e. The van der Waals surface area contributed by atoms with Crippen LogP contribution in [0, 0.1) is 0 Å². The van der Waals surface area contributed by atoms with Crippen molar-refractivity contribution in [3.8, 4) is 0 Å². The molecule has 0 amide bonds. The van der Waals surface area contributed by atoms with Gasteiger partial charge in [-0.1, -0.05) is 60.7 Å². The molecule has 2 aromatic carbocycles. The molecule has 0 unspecified atom stereocenters. The van der Waals surface area contributed by atoms with E-state index in [4.69, 9.17) is 13.3 Å². The zero-order valence-corrected chi connectivity index (χ0v) is 16.5. The Hall–Kier alpha value is -1.50. The Balaban J connectivity index is 1.98. The molecule has 0 N–H and O–H groups in total. The second-order valence-corrected chi connectivity index (χ2v) is 9.17. The first-order valence-corrected chi connectivity index (χ1v) is 10.6. The average Bonchev–Trinajstić information content (AvgIpc) is 2.67. The Labute approximate surface area is 152 Å². The first-order chi connectivity index (χ1) is 12.2. The number of hydrogen-bond donors (Lipinski definition) is 0. The minimum atomic E-state index is -2.49. The van der Waals surface area contributed by atoms with Crippen molar-refractivity contribution in [1.29, 1.82) is 0 Å². The molecule has 0 aliphatic carbocycles. The molecule has 0 aliphatic heterocycles. The van der Waals surface area contributed by atoms with Crippen LogP contribution in [0.25, 0.3) is 0 Å². The summed E-state index contributed by atoms with van der Waals surface area (Å²) >= 11 is 0. The molecule has 0 radical (unpaired) electrons. The molecule has 5 heteroatoms. The zero-order valence-electron chi connectivity index (χ0n) is 15.5. The molecule has 2 rings (SSSR count). The molecule has 0 fully saturated rings. The lowest BCUT2D eigenvalue weighted by Crippen LogP contribution is -2.43. The summed E-state index contributed by atoms with van der Waals surface area (Å²) < 4.78 is 16.6. The predicted molar refractivity (Wildman–Crippen MR) is 103 cm³/mol. The maximum atomic E-state index is 5.53. The molecule has 2 aromatic rings. The topological polar surface area (TPSA) is 30.9 Å². The van der Waals surface area contributed by atoms with E-state index in [2.05, 4.69) is 65.6 Å². The van der Waals surface area contributed by atoms with Crippen LogP contribution in [0.4, 0.5) is 0 Å². The lowest BCUT2D eigenvalue weighted by molar-refractivity contribution is 0.121. The summed E-state index contributed by atoms with van der Waals surface area (Å²) in [7, 11) is 2.52. The van der Waals surface area contributed by atoms with Crippen LogP contribution in [0.15, 0.2) is 60.7 Å². The van der Waals surface area contributed by atoms with Gasteiger partial charge in [0.2, 0.25) is 0 Å². The summed E-state index contributed by atoms with van der Waals surface area (Å²) in [5, 5.41) is 0. The molecule has 0 bridgehead atoms. The highest BCUT2D eigenvalue weighted by atomic mass is 28.4. The Morgan fingerprint density at radius 3 is 1.56 bits per heavy atom. The van der Waals surface area contributed by atoms with Gasteiger partial charge in [0, 0.05) is 40.5 Å². The summed E-state index contributed by atoms with van der Waals surface area (Å²) in [6.07, 6.45) is 0.974. The van der Waals surface area contributed by atoms with E-state index in [0.29, 0.717) is 0 Å². The molecular formula is C20H29NO3Si. The average molecular weight is 360 g/mol. The molecule has 0 atom stereocenters. The number of rotatable bonds is 11. The number of nitrogens with zero attached hydrogens (tertiary/aromatic N) is 1. The van der Waals surface area contributed by atoms with Crippen molar-refractivity contribution in [3.63, 3.8) is 0 Å². The SMILES string of the molecule is CO[Si](CCCN(Cc1ccccc1)Cc1ccccc1)(OC)OC. The van der Waals surface area contributed by atoms with Crippen molar-refractivity contribution in [1.82, 2.24) is 4.90 Å². The monoisotopic (exact) mass is 359 g/mol. The van der Waals surface area contributed by atoms with E-state index in [1.807, 2.05) is 0 Å². The lowest BCUT2D eigenvalue weighted by atomic mass is 10.1. The quantitative estimate of drug-likeness (QED) is 0.568. The van der Waals surface area contributed by atoms with Gasteiger partial charge in [0.25, 0.3) is 0 Å². The minimum Gasteiger partial charge on any atom is -0.377 e. The molecule has 0 saturated heterocycles. The van der Waals surface area contributed by atoms with Crippen LogP contribution in [-0.2, 0) is 26.4 Å². The highest BCUT2D eigenvalue weighted by Crippen LogP contribution is 2.17. The van der Waals surface area contributed by atoms with E-state index >= 15 is 0 Å². The van der Waals surface area contributed by atoms with E-state index in [1.54, 1.807) is 21.3 Å². The second kappa shape index (κ2) is 10.5. The normalized spacial score (nSPS) is 11.8. The Morgan fingerprint density at radius 2 is 1.16 bits per heavy atom. The number of hydrogen-bond acceptors (Lipinski definition) is 4. The van der Waals surface area contributed by atoms with Gasteiger partial charge < -0.3 is 13.3 Å². The van der Waals surface area contributed by atoms with Gasteiger partial charge in [-0.15, -0.1) is 0 Å². The van der Waals surface area contributed by atoms with E-state index in [1.165, 1.54) is 11.1 Å². The predicted octanol–water partition coefficient (Wildman–Crippen LogP) is 3.96. The number of benzene rings is 2. The van der Waals surface area contributed by atoms with E-state index in [-0.39, 0.29) is 0 Å². The first kappa shape index (κ1) is 19.8. The second-order valence-electron chi connectivity index (χ2n) is 6.08. The van der Waals surface area contributed by atoms with Gasteiger partial charge in [0.1, 0.15) is 0 Å². The third-order valence-electron chi connectivity index (χ3n) is 4.39. The van der Waals surface area contributed by atoms with Gasteiger partial charge in [0.05, 0.1) is 0 Å². The van der Waals surface area contributed by atoms with E-state index in [0.717, 1.165) is 32.1 Å². The summed E-state index contributed by atoms with van der Waals surface area (Å²) in [6, 6.07) is 22.0. The Bertz CT molecular complexity index is 541. The molecule has 4 nitrogen and oxygen atoms in total. The van der Waals surface area contributed by atoms with Gasteiger partial charge in [0.15, 0.2) is 0 Å². The van der Waals surface area contributed by atoms with Crippen molar-refractivity contribution in [2.24, 2.45) is 0 Å². The summed E-state index contributed by atoms with van der Waals surface area (Å²) in [4.78, 5) is 2.46. The maximum absolute atomic E-state index is 5.53. The van der Waals surface area contributed by atoms with E-state index in [9.17, 15) is 0 Å². The van der Waals surface area contributed by atoms with Crippen LogP contribution in [0.1, 0.15) is 17.5 Å². The summed E-state index contributed by atoms with van der Waals surface area (Å²) in [6.45, 7) is 2.82. The van der Waals surface area contributed by atoms with Crippen molar-refractivity contribution >= 4 is 8.80 Å². The molecule has 0 spiro atoms. The third-order valence-corrected chi connectivity index (χ3v) is 7.22.